The SMILES string of the molecule is C=CC(=O)OC(Cl)(OC)C(Cl)(Cl)Cl. The Morgan fingerprint density at radius 3 is 2.08 bits per heavy atom. The van der Waals surface area contributed by atoms with E-state index in [-0.39, 0.29) is 0 Å². The van der Waals surface area contributed by atoms with Gasteiger partial charge in [-0.15, -0.1) is 0 Å². The van der Waals surface area contributed by atoms with Crippen LogP contribution in [0.25, 0.3) is 0 Å². The molecule has 0 fully saturated rings. The predicted molar refractivity (Wildman–Crippen MR) is 52.2 cm³/mol. The summed E-state index contributed by atoms with van der Waals surface area (Å²) in [5.74, 6) is -0.858. The van der Waals surface area contributed by atoms with E-state index in [1.54, 1.807) is 0 Å². The fourth-order valence-corrected chi connectivity index (χ4v) is 0.810. The number of hydrogen-bond acceptors (Lipinski definition) is 3. The maximum atomic E-state index is 10.8. The van der Waals surface area contributed by atoms with Crippen molar-refractivity contribution in [1.82, 2.24) is 0 Å². The first kappa shape index (κ1) is 13.3. The first-order chi connectivity index (χ1) is 5.77. The number of hydrogen-bond donors (Lipinski definition) is 0. The molecule has 0 aliphatic rings. The summed E-state index contributed by atoms with van der Waals surface area (Å²) in [7, 11) is 1.13. The summed E-state index contributed by atoms with van der Waals surface area (Å²) in [6, 6.07) is 0. The van der Waals surface area contributed by atoms with Gasteiger partial charge in [0.05, 0.1) is 0 Å². The van der Waals surface area contributed by atoms with Crippen LogP contribution in [0.4, 0.5) is 0 Å². The molecule has 0 radical (unpaired) electrons. The predicted octanol–water partition coefficient (Wildman–Crippen LogP) is 2.62. The van der Waals surface area contributed by atoms with Crippen LogP contribution in [0.1, 0.15) is 0 Å². The van der Waals surface area contributed by atoms with E-state index in [1.165, 1.54) is 0 Å². The van der Waals surface area contributed by atoms with E-state index >= 15 is 0 Å². The van der Waals surface area contributed by atoms with Crippen LogP contribution in [0.15, 0.2) is 12.7 Å². The Hall–Kier alpha value is 0.330. The minimum atomic E-state index is -2.15. The normalized spacial score (nSPS) is 16.1. The van der Waals surface area contributed by atoms with E-state index in [4.69, 9.17) is 46.4 Å². The molecule has 0 aromatic rings. The van der Waals surface area contributed by atoms with Crippen molar-refractivity contribution in [2.75, 3.05) is 7.11 Å². The number of ether oxygens (including phenoxy) is 2. The highest BCUT2D eigenvalue weighted by Gasteiger charge is 2.52. The van der Waals surface area contributed by atoms with E-state index in [0.717, 1.165) is 13.2 Å². The molecule has 0 aliphatic heterocycles. The van der Waals surface area contributed by atoms with E-state index < -0.39 is 15.0 Å². The van der Waals surface area contributed by atoms with Crippen molar-refractivity contribution in [3.8, 4) is 0 Å². The molecule has 7 heteroatoms. The molecule has 13 heavy (non-hydrogen) atoms. The van der Waals surface area contributed by atoms with E-state index in [2.05, 4.69) is 16.1 Å². The molecule has 0 rings (SSSR count). The van der Waals surface area contributed by atoms with Crippen LogP contribution < -0.4 is 0 Å². The van der Waals surface area contributed by atoms with Gasteiger partial charge < -0.3 is 9.47 Å². The molecule has 1 unspecified atom stereocenters. The number of rotatable bonds is 3. The highest BCUT2D eigenvalue weighted by Crippen LogP contribution is 2.44. The Bertz CT molecular complexity index is 212. The van der Waals surface area contributed by atoms with Crippen LogP contribution in [-0.4, -0.2) is 22.1 Å². The van der Waals surface area contributed by atoms with Crippen molar-refractivity contribution >= 4 is 52.4 Å². The van der Waals surface area contributed by atoms with Crippen LogP contribution in [0.3, 0.4) is 0 Å². The van der Waals surface area contributed by atoms with Gasteiger partial charge >= 0.3 is 11.2 Å². The van der Waals surface area contributed by atoms with E-state index in [0.29, 0.717) is 0 Å². The van der Waals surface area contributed by atoms with Gasteiger partial charge in [0.15, 0.2) is 0 Å². The van der Waals surface area contributed by atoms with Crippen LogP contribution in [0, 0.1) is 0 Å². The van der Waals surface area contributed by atoms with Crippen molar-refractivity contribution in [2.45, 2.75) is 9.04 Å². The standard InChI is InChI=1S/C6H6Cl4O3/c1-3-4(11)13-6(10,12-2)5(7,8)9/h3H,1H2,2H3. The Labute approximate surface area is 95.5 Å². The van der Waals surface area contributed by atoms with Crippen molar-refractivity contribution in [3.05, 3.63) is 12.7 Å². The first-order valence-electron chi connectivity index (χ1n) is 2.93. The molecule has 0 saturated carbocycles. The zero-order valence-electron chi connectivity index (χ0n) is 6.52. The number of alkyl halides is 4. The second kappa shape index (κ2) is 4.71. The first-order valence-corrected chi connectivity index (χ1v) is 4.44. The minimum absolute atomic E-state index is 0.858. The molecule has 0 aliphatic carbocycles. The topological polar surface area (TPSA) is 35.5 Å². The van der Waals surface area contributed by atoms with Gasteiger partial charge in [-0.2, -0.15) is 0 Å². The van der Waals surface area contributed by atoms with Crippen molar-refractivity contribution in [2.24, 2.45) is 0 Å². The van der Waals surface area contributed by atoms with Crippen LogP contribution in [-0.2, 0) is 14.3 Å². The molecule has 0 spiro atoms. The number of carbonyl (C=O) groups is 1. The average Bonchev–Trinajstić information content (AvgIpc) is 2.02. The van der Waals surface area contributed by atoms with E-state index in [9.17, 15) is 4.79 Å². The maximum absolute atomic E-state index is 10.8. The van der Waals surface area contributed by atoms with Crippen molar-refractivity contribution < 1.29 is 14.3 Å². The van der Waals surface area contributed by atoms with Gasteiger partial charge in [0, 0.05) is 13.2 Å². The molecule has 0 aromatic carbocycles. The molecule has 0 saturated heterocycles. The maximum Gasteiger partial charge on any atom is 0.341 e. The molecular formula is C6H6Cl4O3. The molecule has 0 amide bonds. The van der Waals surface area contributed by atoms with Gasteiger partial charge in [0.2, 0.25) is 0 Å². The summed E-state index contributed by atoms with van der Waals surface area (Å²) in [5, 5.41) is -2.15. The number of esters is 1. The Kier molecular flexibility index (Phi) is 4.83. The number of methoxy groups -OCH3 is 1. The second-order valence-electron chi connectivity index (χ2n) is 1.86. The quantitative estimate of drug-likeness (QED) is 0.341. The van der Waals surface area contributed by atoms with Crippen LogP contribution in [0.2, 0.25) is 0 Å². The summed E-state index contributed by atoms with van der Waals surface area (Å²) in [6.45, 7) is 3.14. The molecular weight excluding hydrogens is 262 g/mol. The lowest BCUT2D eigenvalue weighted by Crippen LogP contribution is -2.43. The van der Waals surface area contributed by atoms with Gasteiger partial charge in [-0.25, -0.2) is 4.79 Å². The van der Waals surface area contributed by atoms with Crippen LogP contribution in [0.5, 0.6) is 0 Å². The minimum Gasteiger partial charge on any atom is -0.411 e. The van der Waals surface area contributed by atoms with Gasteiger partial charge in [-0.05, 0) is 11.6 Å². The summed E-state index contributed by atoms with van der Waals surface area (Å²) in [5.41, 5.74) is 0. The Morgan fingerprint density at radius 2 is 1.85 bits per heavy atom. The third-order valence-electron chi connectivity index (χ3n) is 1.000. The van der Waals surface area contributed by atoms with E-state index in [1.807, 2.05) is 0 Å². The third-order valence-corrected chi connectivity index (χ3v) is 2.55. The summed E-state index contributed by atoms with van der Waals surface area (Å²) in [4.78, 5) is 10.8. The monoisotopic (exact) mass is 266 g/mol. The molecule has 0 N–H and O–H groups in total. The summed E-state index contributed by atoms with van der Waals surface area (Å²) < 4.78 is 6.95. The second-order valence-corrected chi connectivity index (χ2v) is 4.64. The number of carbonyl (C=O) groups excluding carboxylic acids is 1. The van der Waals surface area contributed by atoms with Crippen molar-refractivity contribution in [3.63, 3.8) is 0 Å². The van der Waals surface area contributed by atoms with Crippen molar-refractivity contribution in [1.29, 1.82) is 0 Å². The lowest BCUT2D eigenvalue weighted by molar-refractivity contribution is -0.180. The molecule has 0 heterocycles. The van der Waals surface area contributed by atoms with Gasteiger partial charge in [0.25, 0.3) is 3.79 Å². The number of halogens is 4. The molecule has 0 aromatic heterocycles. The van der Waals surface area contributed by atoms with Gasteiger partial charge in [-0.3, -0.25) is 0 Å². The zero-order chi connectivity index (χ0) is 10.7. The fourth-order valence-electron chi connectivity index (χ4n) is 0.386. The smallest absolute Gasteiger partial charge is 0.341 e. The largest absolute Gasteiger partial charge is 0.411 e. The average molecular weight is 268 g/mol. The third kappa shape index (κ3) is 3.52. The van der Waals surface area contributed by atoms with Gasteiger partial charge in [-0.1, -0.05) is 41.4 Å². The summed E-state index contributed by atoms with van der Waals surface area (Å²) >= 11 is 21.8. The molecule has 0 bridgehead atoms. The summed E-state index contributed by atoms with van der Waals surface area (Å²) in [6.07, 6.45) is 0.868. The zero-order valence-corrected chi connectivity index (χ0v) is 9.54. The highest BCUT2D eigenvalue weighted by molar-refractivity contribution is 6.70. The fraction of sp³-hybridized carbons (Fsp3) is 0.500. The lowest BCUT2D eigenvalue weighted by Gasteiger charge is -2.30. The molecule has 1 atom stereocenters. The van der Waals surface area contributed by atoms with Crippen LogP contribution >= 0.6 is 46.4 Å². The van der Waals surface area contributed by atoms with Gasteiger partial charge in [0.1, 0.15) is 0 Å². The lowest BCUT2D eigenvalue weighted by atomic mass is 10.6. The highest BCUT2D eigenvalue weighted by atomic mass is 35.6. The Morgan fingerprint density at radius 1 is 1.38 bits per heavy atom. The molecule has 76 valence electrons. The molecule has 3 nitrogen and oxygen atoms in total. The Balaban J connectivity index is 4.65.